The lowest BCUT2D eigenvalue weighted by atomic mass is 10.1. The highest BCUT2D eigenvalue weighted by Gasteiger charge is 2.26. The van der Waals surface area contributed by atoms with E-state index in [0.29, 0.717) is 23.1 Å². The summed E-state index contributed by atoms with van der Waals surface area (Å²) in [5.41, 5.74) is 1.47. The second-order valence-electron chi connectivity index (χ2n) is 8.56. The van der Waals surface area contributed by atoms with Crippen molar-refractivity contribution in [2.45, 2.75) is 19.4 Å². The Balaban J connectivity index is 1.36. The van der Waals surface area contributed by atoms with Crippen LogP contribution in [-0.4, -0.2) is 38.2 Å². The van der Waals surface area contributed by atoms with E-state index >= 15 is 0 Å². The molecule has 1 saturated carbocycles. The number of aromatic nitrogens is 4. The smallest absolute Gasteiger partial charge is 0.276 e. The molecule has 11 heteroatoms. The van der Waals surface area contributed by atoms with Crippen LogP contribution in [-0.2, 0) is 6.61 Å². The second-order valence-corrected chi connectivity index (χ2v) is 8.97. The van der Waals surface area contributed by atoms with Gasteiger partial charge in [0.2, 0.25) is 5.78 Å². The summed E-state index contributed by atoms with van der Waals surface area (Å²) in [5.74, 6) is 1.08. The van der Waals surface area contributed by atoms with Crippen LogP contribution in [0.3, 0.4) is 0 Å². The first-order valence-corrected chi connectivity index (χ1v) is 12.1. The van der Waals surface area contributed by atoms with Gasteiger partial charge in [0, 0.05) is 30.3 Å². The number of aromatic amines is 1. The summed E-state index contributed by atoms with van der Waals surface area (Å²) in [4.78, 5) is 33.2. The second kappa shape index (κ2) is 10.3. The Bertz CT molecular complexity index is 1570. The fourth-order valence-corrected chi connectivity index (χ4v) is 4.00. The zero-order chi connectivity index (χ0) is 25.9. The van der Waals surface area contributed by atoms with Crippen LogP contribution in [0.25, 0.3) is 17.2 Å². The molecule has 0 bridgehead atoms. The monoisotopic (exact) mass is 517 g/mol. The maximum Gasteiger partial charge on any atom is 0.276 e. The minimum atomic E-state index is -0.487. The van der Waals surface area contributed by atoms with E-state index in [1.165, 1.54) is 10.6 Å². The first-order valence-electron chi connectivity index (χ1n) is 11.7. The number of nitrogens with one attached hydrogen (secondary N) is 4. The summed E-state index contributed by atoms with van der Waals surface area (Å²) in [7, 11) is 1.66. The minimum Gasteiger partial charge on any atom is -0.486 e. The van der Waals surface area contributed by atoms with Gasteiger partial charge in [0.15, 0.2) is 5.82 Å². The number of halogens is 1. The average Bonchev–Trinajstić information content (AvgIpc) is 3.66. The standard InChI is InChI=1S/C26H24ClN7O3/c1-29-21(13-19(28)15-10-11-15)31-25(36)23-18(27)8-5-9-20(23)37-14-17-12-22(35)34-26(30-17)32-24(33-34)16-6-3-2-4-7-16/h2-9,12-13,15,28-29H,10-11,14H2,1H3,(H,31,36)(H,30,32,33)/b21-13+,28-19?. The van der Waals surface area contributed by atoms with E-state index in [2.05, 4.69) is 25.7 Å². The number of hydrogen-bond donors (Lipinski definition) is 4. The highest BCUT2D eigenvalue weighted by Crippen LogP contribution is 2.31. The lowest BCUT2D eigenvalue weighted by molar-refractivity contribution is 0.0959. The van der Waals surface area contributed by atoms with Crippen LogP contribution in [0.5, 0.6) is 5.75 Å². The summed E-state index contributed by atoms with van der Waals surface area (Å²) in [6, 6.07) is 15.6. The number of carbonyl (C=O) groups is 1. The third-order valence-corrected chi connectivity index (χ3v) is 6.15. The predicted octanol–water partition coefficient (Wildman–Crippen LogP) is 3.54. The van der Waals surface area contributed by atoms with Gasteiger partial charge < -0.3 is 25.8 Å². The van der Waals surface area contributed by atoms with Gasteiger partial charge in [-0.15, -0.1) is 5.10 Å². The molecule has 0 aliphatic heterocycles. The van der Waals surface area contributed by atoms with Gasteiger partial charge in [-0.2, -0.15) is 9.50 Å². The summed E-state index contributed by atoms with van der Waals surface area (Å²) < 4.78 is 7.10. The van der Waals surface area contributed by atoms with Crippen molar-refractivity contribution >= 4 is 29.0 Å². The molecule has 0 radical (unpaired) electrons. The topological polar surface area (TPSA) is 137 Å². The molecule has 0 saturated heterocycles. The van der Waals surface area contributed by atoms with Crippen molar-refractivity contribution in [2.24, 2.45) is 5.92 Å². The van der Waals surface area contributed by atoms with Crippen molar-refractivity contribution in [3.05, 3.63) is 93.1 Å². The SMILES string of the molecule is CN/C(=C\C(=N)C1CC1)NC(=O)c1c(Cl)cccc1OCc1cc(=O)n2nc(-c3ccccc3)nc2[nH]1. The number of hydrogen-bond acceptors (Lipinski definition) is 7. The normalized spacial score (nSPS) is 13.4. The van der Waals surface area contributed by atoms with Crippen LogP contribution in [0, 0.1) is 11.3 Å². The highest BCUT2D eigenvalue weighted by molar-refractivity contribution is 6.34. The minimum absolute atomic E-state index is 0.0407. The fraction of sp³-hybridized carbons (Fsp3) is 0.192. The molecule has 4 N–H and O–H groups in total. The van der Waals surface area contributed by atoms with Gasteiger partial charge in [-0.1, -0.05) is 48.0 Å². The number of allylic oxidation sites excluding steroid dienone is 1. The first-order chi connectivity index (χ1) is 17.9. The molecule has 0 spiro atoms. The number of carbonyl (C=O) groups excluding carboxylic acids is 1. The van der Waals surface area contributed by atoms with Crippen LogP contribution < -0.4 is 20.9 Å². The highest BCUT2D eigenvalue weighted by atomic mass is 35.5. The Morgan fingerprint density at radius 2 is 2.03 bits per heavy atom. The van der Waals surface area contributed by atoms with Crippen LogP contribution >= 0.6 is 11.6 Å². The molecule has 4 aromatic rings. The van der Waals surface area contributed by atoms with E-state index in [4.69, 9.17) is 21.7 Å². The number of ether oxygens (including phenoxy) is 1. The van der Waals surface area contributed by atoms with Gasteiger partial charge in [-0.25, -0.2) is 0 Å². The van der Waals surface area contributed by atoms with Crippen molar-refractivity contribution in [3.8, 4) is 17.1 Å². The van der Waals surface area contributed by atoms with E-state index < -0.39 is 5.91 Å². The molecule has 1 aliphatic carbocycles. The Morgan fingerprint density at radius 1 is 1.24 bits per heavy atom. The number of H-pyrrole nitrogens is 1. The van der Waals surface area contributed by atoms with Crippen molar-refractivity contribution in [1.29, 1.82) is 5.41 Å². The number of amides is 1. The molecule has 0 unspecified atom stereocenters. The molecule has 1 amide bonds. The Morgan fingerprint density at radius 3 is 2.76 bits per heavy atom. The maximum atomic E-state index is 13.1. The lowest BCUT2D eigenvalue weighted by Crippen LogP contribution is -2.31. The zero-order valence-electron chi connectivity index (χ0n) is 19.9. The number of nitrogens with zero attached hydrogens (tertiary/aromatic N) is 3. The van der Waals surface area contributed by atoms with Gasteiger partial charge in [-0.05, 0) is 31.1 Å². The number of rotatable bonds is 9. The molecule has 5 rings (SSSR count). The molecule has 2 aromatic heterocycles. The third-order valence-electron chi connectivity index (χ3n) is 5.84. The first kappa shape index (κ1) is 24.3. The van der Waals surface area contributed by atoms with Gasteiger partial charge in [0.05, 0.1) is 10.7 Å². The quantitative estimate of drug-likeness (QED) is 0.251. The van der Waals surface area contributed by atoms with Crippen LogP contribution in [0.15, 0.2) is 71.3 Å². The van der Waals surface area contributed by atoms with E-state index in [9.17, 15) is 9.59 Å². The van der Waals surface area contributed by atoms with Crippen molar-refractivity contribution < 1.29 is 9.53 Å². The van der Waals surface area contributed by atoms with E-state index in [0.717, 1.165) is 18.4 Å². The molecule has 1 aliphatic rings. The molecule has 0 atom stereocenters. The third kappa shape index (κ3) is 5.39. The number of benzene rings is 2. The fourth-order valence-electron chi connectivity index (χ4n) is 3.75. The maximum absolute atomic E-state index is 13.1. The molecule has 10 nitrogen and oxygen atoms in total. The Labute approximate surface area is 216 Å². The molecule has 1 fully saturated rings. The average molecular weight is 518 g/mol. The van der Waals surface area contributed by atoms with Gasteiger partial charge in [0.1, 0.15) is 23.7 Å². The molecular weight excluding hydrogens is 494 g/mol. The summed E-state index contributed by atoms with van der Waals surface area (Å²) in [6.07, 6.45) is 3.58. The van der Waals surface area contributed by atoms with Crippen LogP contribution in [0.2, 0.25) is 5.02 Å². The van der Waals surface area contributed by atoms with Gasteiger partial charge in [0.25, 0.3) is 11.5 Å². The van der Waals surface area contributed by atoms with Gasteiger partial charge >= 0.3 is 0 Å². The molecule has 37 heavy (non-hydrogen) atoms. The molecule has 2 aromatic carbocycles. The van der Waals surface area contributed by atoms with E-state index in [1.807, 2.05) is 30.3 Å². The summed E-state index contributed by atoms with van der Waals surface area (Å²) >= 11 is 6.36. The van der Waals surface area contributed by atoms with Crippen molar-refractivity contribution in [1.82, 2.24) is 30.2 Å². The number of fused-ring (bicyclic) bond motifs is 1. The molecule has 188 valence electrons. The summed E-state index contributed by atoms with van der Waals surface area (Å²) in [6.45, 7) is -0.0407. The molecular formula is C26H24ClN7O3. The molecule has 2 heterocycles. The Hall–Kier alpha value is -4.44. The van der Waals surface area contributed by atoms with Crippen molar-refractivity contribution in [3.63, 3.8) is 0 Å². The summed E-state index contributed by atoms with van der Waals surface area (Å²) in [5, 5.41) is 18.2. The van der Waals surface area contributed by atoms with Crippen molar-refractivity contribution in [2.75, 3.05) is 7.05 Å². The van der Waals surface area contributed by atoms with E-state index in [1.54, 1.807) is 31.3 Å². The van der Waals surface area contributed by atoms with Crippen LogP contribution in [0.4, 0.5) is 0 Å². The zero-order valence-corrected chi connectivity index (χ0v) is 20.7. The lowest BCUT2D eigenvalue weighted by Gasteiger charge is -2.15. The van der Waals surface area contributed by atoms with Gasteiger partial charge in [-0.3, -0.25) is 9.59 Å². The van der Waals surface area contributed by atoms with Crippen LogP contribution in [0.1, 0.15) is 28.9 Å². The Kier molecular flexibility index (Phi) is 6.74. The van der Waals surface area contributed by atoms with E-state index in [-0.39, 0.29) is 40.2 Å². The predicted molar refractivity (Wildman–Crippen MR) is 140 cm³/mol. The largest absolute Gasteiger partial charge is 0.486 e.